The average Bonchev–Trinajstić information content (AvgIpc) is 3.38. The third-order valence-corrected chi connectivity index (χ3v) is 5.33. The lowest BCUT2D eigenvalue weighted by molar-refractivity contribution is -0.144. The molecular formula is C22H17ClF3N5O2. The van der Waals surface area contributed by atoms with Crippen molar-refractivity contribution in [3.63, 3.8) is 0 Å². The molecule has 0 unspecified atom stereocenters. The fraction of sp³-hybridized carbons (Fsp3) is 0.182. The van der Waals surface area contributed by atoms with Gasteiger partial charge in [-0.15, -0.1) is 0 Å². The minimum absolute atomic E-state index is 0.129. The van der Waals surface area contributed by atoms with E-state index in [1.54, 1.807) is 30.5 Å². The molecule has 33 heavy (non-hydrogen) atoms. The zero-order valence-corrected chi connectivity index (χ0v) is 18.2. The number of aromatic amines is 1. The van der Waals surface area contributed by atoms with E-state index >= 15 is 0 Å². The highest BCUT2D eigenvalue weighted by atomic mass is 35.5. The molecule has 0 saturated carbocycles. The van der Waals surface area contributed by atoms with Crippen LogP contribution in [-0.2, 0) is 17.5 Å². The molecule has 4 rings (SSSR count). The van der Waals surface area contributed by atoms with Gasteiger partial charge in [-0.2, -0.15) is 18.3 Å². The monoisotopic (exact) mass is 475 g/mol. The van der Waals surface area contributed by atoms with Crippen molar-refractivity contribution in [1.82, 2.24) is 24.7 Å². The molecule has 0 atom stereocenters. The van der Waals surface area contributed by atoms with Crippen molar-refractivity contribution in [2.45, 2.75) is 19.6 Å². The molecule has 3 heterocycles. The molecule has 0 aliphatic rings. The molecule has 0 radical (unpaired) electrons. The fourth-order valence-corrected chi connectivity index (χ4v) is 3.93. The number of alkyl halides is 3. The van der Waals surface area contributed by atoms with Crippen LogP contribution in [0.1, 0.15) is 12.6 Å². The SMILES string of the molecule is COc1cccc(-c2c[nH]c(-c3cnn(CC(C)=O)c3C(F)(F)F)c2-c2ccncn2)c1Cl. The number of carbonyl (C=O) groups excluding carboxylic acids is 1. The first-order valence-electron chi connectivity index (χ1n) is 9.65. The van der Waals surface area contributed by atoms with Gasteiger partial charge in [0.15, 0.2) is 11.5 Å². The molecule has 0 aliphatic carbocycles. The van der Waals surface area contributed by atoms with Gasteiger partial charge in [0.1, 0.15) is 12.1 Å². The highest BCUT2D eigenvalue weighted by molar-refractivity contribution is 6.35. The molecule has 4 aromatic rings. The van der Waals surface area contributed by atoms with E-state index in [9.17, 15) is 18.0 Å². The fourth-order valence-electron chi connectivity index (χ4n) is 3.63. The van der Waals surface area contributed by atoms with Gasteiger partial charge >= 0.3 is 6.18 Å². The van der Waals surface area contributed by atoms with Crippen molar-refractivity contribution < 1.29 is 22.7 Å². The third-order valence-electron chi connectivity index (χ3n) is 4.94. The molecule has 1 aromatic carbocycles. The van der Waals surface area contributed by atoms with Crippen molar-refractivity contribution in [1.29, 1.82) is 0 Å². The predicted molar refractivity (Wildman–Crippen MR) is 116 cm³/mol. The molecule has 0 aliphatic heterocycles. The van der Waals surface area contributed by atoms with Gasteiger partial charge in [0.2, 0.25) is 0 Å². The average molecular weight is 476 g/mol. The maximum absolute atomic E-state index is 14.1. The Bertz CT molecular complexity index is 1320. The van der Waals surface area contributed by atoms with Gasteiger partial charge in [0, 0.05) is 34.6 Å². The molecule has 0 spiro atoms. The Morgan fingerprint density at radius 1 is 1.21 bits per heavy atom. The summed E-state index contributed by atoms with van der Waals surface area (Å²) in [7, 11) is 1.47. The van der Waals surface area contributed by atoms with Gasteiger partial charge in [-0.05, 0) is 19.1 Å². The van der Waals surface area contributed by atoms with E-state index in [1.807, 2.05) is 0 Å². The van der Waals surface area contributed by atoms with E-state index in [2.05, 4.69) is 20.1 Å². The first-order valence-corrected chi connectivity index (χ1v) is 10.0. The zero-order chi connectivity index (χ0) is 23.8. The number of nitrogens with one attached hydrogen (secondary N) is 1. The second kappa shape index (κ2) is 8.70. The number of nitrogens with zero attached hydrogens (tertiary/aromatic N) is 4. The standard InChI is InChI=1S/C22H17ClF3N5O2/c1-12(32)10-31-21(22(24,25)26)15(9-30-31)20-18(16-6-7-27-11-29-16)14(8-28-20)13-4-3-5-17(33-2)19(13)23/h3-9,11,28H,10H2,1-2H3. The number of hydrogen-bond donors (Lipinski definition) is 1. The zero-order valence-electron chi connectivity index (χ0n) is 17.4. The van der Waals surface area contributed by atoms with Crippen molar-refractivity contribution >= 4 is 17.4 Å². The van der Waals surface area contributed by atoms with E-state index in [0.717, 1.165) is 6.20 Å². The molecule has 1 N–H and O–H groups in total. The van der Waals surface area contributed by atoms with Crippen LogP contribution in [0.3, 0.4) is 0 Å². The summed E-state index contributed by atoms with van der Waals surface area (Å²) >= 11 is 6.52. The van der Waals surface area contributed by atoms with E-state index in [-0.39, 0.29) is 11.3 Å². The second-order valence-corrected chi connectivity index (χ2v) is 7.51. The number of Topliss-reactive ketones (excluding diaryl/α,β-unsaturated/α-hetero) is 1. The lowest BCUT2D eigenvalue weighted by Crippen LogP contribution is -2.18. The highest BCUT2D eigenvalue weighted by Crippen LogP contribution is 2.46. The Labute approximate surface area is 191 Å². The van der Waals surface area contributed by atoms with Crippen LogP contribution in [0.15, 0.2) is 49.2 Å². The number of carbonyl (C=O) groups is 1. The van der Waals surface area contributed by atoms with Crippen molar-refractivity contribution in [2.24, 2.45) is 0 Å². The summed E-state index contributed by atoms with van der Waals surface area (Å²) in [6.45, 7) is 0.693. The van der Waals surface area contributed by atoms with E-state index in [1.165, 1.54) is 26.6 Å². The van der Waals surface area contributed by atoms with Crippen LogP contribution >= 0.6 is 11.6 Å². The number of rotatable bonds is 6. The van der Waals surface area contributed by atoms with Gasteiger partial charge in [-0.1, -0.05) is 23.7 Å². The highest BCUT2D eigenvalue weighted by Gasteiger charge is 2.40. The van der Waals surface area contributed by atoms with Crippen molar-refractivity contribution in [3.05, 3.63) is 59.9 Å². The van der Waals surface area contributed by atoms with Crippen LogP contribution in [0.25, 0.3) is 33.6 Å². The number of halogens is 4. The molecule has 0 amide bonds. The van der Waals surface area contributed by atoms with Crippen LogP contribution in [0, 0.1) is 0 Å². The van der Waals surface area contributed by atoms with Crippen molar-refractivity contribution in [2.75, 3.05) is 7.11 Å². The summed E-state index contributed by atoms with van der Waals surface area (Å²) in [6.07, 6.45) is 0.658. The normalized spacial score (nSPS) is 11.6. The number of hydrogen-bond acceptors (Lipinski definition) is 5. The molecule has 170 valence electrons. The van der Waals surface area contributed by atoms with Gasteiger partial charge < -0.3 is 9.72 Å². The van der Waals surface area contributed by atoms with Crippen LogP contribution in [-0.4, -0.2) is 37.6 Å². The minimum Gasteiger partial charge on any atom is -0.495 e. The number of benzene rings is 1. The second-order valence-electron chi connectivity index (χ2n) is 7.13. The Balaban J connectivity index is 2.01. The molecule has 7 nitrogen and oxygen atoms in total. The van der Waals surface area contributed by atoms with E-state index < -0.39 is 24.2 Å². The summed E-state index contributed by atoms with van der Waals surface area (Å²) in [4.78, 5) is 22.6. The summed E-state index contributed by atoms with van der Waals surface area (Å²) < 4.78 is 48.1. The summed E-state index contributed by atoms with van der Waals surface area (Å²) in [6, 6.07) is 6.71. The topological polar surface area (TPSA) is 85.7 Å². The Morgan fingerprint density at radius 2 is 2.00 bits per heavy atom. The summed E-state index contributed by atoms with van der Waals surface area (Å²) in [5.74, 6) is -0.0441. The number of ether oxygens (including phenoxy) is 1. The van der Waals surface area contributed by atoms with Gasteiger partial charge in [0.25, 0.3) is 0 Å². The minimum atomic E-state index is -4.76. The van der Waals surface area contributed by atoms with Crippen molar-refractivity contribution in [3.8, 4) is 39.4 Å². The smallest absolute Gasteiger partial charge is 0.433 e. The van der Waals surface area contributed by atoms with Gasteiger partial charge in [0.05, 0.1) is 36.3 Å². The van der Waals surface area contributed by atoms with E-state index in [0.29, 0.717) is 37.8 Å². The van der Waals surface area contributed by atoms with Gasteiger partial charge in [-0.25, -0.2) is 9.97 Å². The summed E-state index contributed by atoms with van der Waals surface area (Å²) in [5.41, 5.74) is 0.672. The molecule has 0 saturated heterocycles. The number of H-pyrrole nitrogens is 1. The molecule has 0 fully saturated rings. The Morgan fingerprint density at radius 3 is 2.64 bits per heavy atom. The quantitative estimate of drug-likeness (QED) is 0.410. The van der Waals surface area contributed by atoms with Crippen LogP contribution in [0.4, 0.5) is 13.2 Å². The third kappa shape index (κ3) is 4.21. The van der Waals surface area contributed by atoms with E-state index in [4.69, 9.17) is 16.3 Å². The number of aromatic nitrogens is 5. The largest absolute Gasteiger partial charge is 0.495 e. The molecule has 11 heteroatoms. The first kappa shape index (κ1) is 22.5. The lowest BCUT2D eigenvalue weighted by Gasteiger charge is -2.13. The van der Waals surface area contributed by atoms with Gasteiger partial charge in [-0.3, -0.25) is 9.48 Å². The van der Waals surface area contributed by atoms with Crippen LogP contribution in [0.5, 0.6) is 5.75 Å². The number of methoxy groups -OCH3 is 1. The molecule has 0 bridgehead atoms. The Hall–Kier alpha value is -3.66. The number of ketones is 1. The first-order chi connectivity index (χ1) is 15.7. The molecular weight excluding hydrogens is 459 g/mol. The maximum atomic E-state index is 14.1. The Kier molecular flexibility index (Phi) is 5.94. The van der Waals surface area contributed by atoms with Crippen LogP contribution < -0.4 is 4.74 Å². The summed E-state index contributed by atoms with van der Waals surface area (Å²) in [5, 5.41) is 4.13. The predicted octanol–water partition coefficient (Wildman–Crippen LogP) is 5.27. The lowest BCUT2D eigenvalue weighted by atomic mass is 9.97. The van der Waals surface area contributed by atoms with Crippen LogP contribution in [0.2, 0.25) is 5.02 Å². The molecule has 3 aromatic heterocycles. The maximum Gasteiger partial charge on any atom is 0.433 e.